The summed E-state index contributed by atoms with van der Waals surface area (Å²) in [5.41, 5.74) is 2.58. The number of anilines is 1. The fourth-order valence-electron chi connectivity index (χ4n) is 3.06. The predicted octanol–water partition coefficient (Wildman–Crippen LogP) is 4.67. The van der Waals surface area contributed by atoms with Gasteiger partial charge in [0, 0.05) is 11.1 Å². The van der Waals surface area contributed by atoms with Crippen molar-refractivity contribution >= 4 is 23.2 Å². The average Bonchev–Trinajstić information content (AvgIpc) is 2.74. The summed E-state index contributed by atoms with van der Waals surface area (Å²) in [7, 11) is 3.13. The molecule has 0 aromatic heterocycles. The first kappa shape index (κ1) is 20.7. The normalized spacial score (nSPS) is 11.6. The molecule has 0 aliphatic rings. The van der Waals surface area contributed by atoms with Crippen LogP contribution in [-0.2, 0) is 4.79 Å². The van der Waals surface area contributed by atoms with Gasteiger partial charge in [-0.1, -0.05) is 54.1 Å². The lowest BCUT2D eigenvalue weighted by molar-refractivity contribution is -0.115. The zero-order valence-electron chi connectivity index (χ0n) is 16.3. The minimum Gasteiger partial charge on any atom is -0.497 e. The van der Waals surface area contributed by atoms with Crippen molar-refractivity contribution in [3.63, 3.8) is 0 Å². The highest BCUT2D eigenvalue weighted by Gasteiger charge is 2.16. The van der Waals surface area contributed by atoms with E-state index in [1.807, 2.05) is 54.6 Å². The number of halogens is 1. The molecule has 2 N–H and O–H groups in total. The Balaban J connectivity index is 1.75. The summed E-state index contributed by atoms with van der Waals surface area (Å²) in [5, 5.41) is 6.85. The number of methoxy groups -OCH3 is 2. The minimum absolute atomic E-state index is 0.104. The van der Waals surface area contributed by atoms with Crippen molar-refractivity contribution in [2.75, 3.05) is 26.1 Å². The second-order valence-electron chi connectivity index (χ2n) is 6.39. The third kappa shape index (κ3) is 5.50. The van der Waals surface area contributed by atoms with E-state index in [-0.39, 0.29) is 18.5 Å². The first-order valence-electron chi connectivity index (χ1n) is 9.16. The van der Waals surface area contributed by atoms with Crippen LogP contribution < -0.4 is 20.1 Å². The Kier molecular flexibility index (Phi) is 7.11. The van der Waals surface area contributed by atoms with Crippen molar-refractivity contribution in [2.45, 2.75) is 6.04 Å². The Bertz CT molecular complexity index is 963. The number of ether oxygens (including phenoxy) is 2. The average molecular weight is 411 g/mol. The van der Waals surface area contributed by atoms with Gasteiger partial charge < -0.3 is 14.8 Å². The number of rotatable bonds is 8. The third-order valence-electron chi connectivity index (χ3n) is 4.46. The molecule has 1 amide bonds. The Labute approximate surface area is 175 Å². The molecule has 0 aliphatic carbocycles. The third-order valence-corrected chi connectivity index (χ3v) is 4.70. The summed E-state index contributed by atoms with van der Waals surface area (Å²) >= 11 is 6.18. The molecular weight excluding hydrogens is 388 g/mol. The second-order valence-corrected chi connectivity index (χ2v) is 6.83. The Hall–Kier alpha value is -3.02. The number of carbonyl (C=O) groups is 1. The topological polar surface area (TPSA) is 59.6 Å². The first-order valence-corrected chi connectivity index (χ1v) is 9.54. The second kappa shape index (κ2) is 9.96. The molecule has 0 heterocycles. The molecule has 0 bridgehead atoms. The number of carbonyl (C=O) groups excluding carboxylic acids is 1. The van der Waals surface area contributed by atoms with E-state index in [1.165, 1.54) is 0 Å². The van der Waals surface area contributed by atoms with Crippen LogP contribution in [0.2, 0.25) is 5.02 Å². The first-order chi connectivity index (χ1) is 14.1. The van der Waals surface area contributed by atoms with Crippen LogP contribution in [0.3, 0.4) is 0 Å². The largest absolute Gasteiger partial charge is 0.497 e. The van der Waals surface area contributed by atoms with Crippen LogP contribution in [-0.4, -0.2) is 26.7 Å². The number of hydrogen-bond donors (Lipinski definition) is 2. The monoisotopic (exact) mass is 410 g/mol. The highest BCUT2D eigenvalue weighted by molar-refractivity contribution is 6.30. The number of hydrogen-bond acceptors (Lipinski definition) is 4. The lowest BCUT2D eigenvalue weighted by Crippen LogP contribution is -2.32. The van der Waals surface area contributed by atoms with E-state index >= 15 is 0 Å². The van der Waals surface area contributed by atoms with Gasteiger partial charge in [0.1, 0.15) is 11.5 Å². The van der Waals surface area contributed by atoms with Crippen LogP contribution in [0, 0.1) is 0 Å². The molecular formula is C23H23ClN2O3. The van der Waals surface area contributed by atoms with Crippen LogP contribution in [0.5, 0.6) is 11.5 Å². The van der Waals surface area contributed by atoms with Gasteiger partial charge in [0.15, 0.2) is 0 Å². The molecule has 0 radical (unpaired) electrons. The van der Waals surface area contributed by atoms with Gasteiger partial charge in [0.2, 0.25) is 5.91 Å². The molecule has 1 unspecified atom stereocenters. The molecule has 3 rings (SSSR count). The van der Waals surface area contributed by atoms with Crippen LogP contribution in [0.1, 0.15) is 17.2 Å². The molecule has 0 fully saturated rings. The molecule has 1 atom stereocenters. The number of amides is 1. The maximum atomic E-state index is 12.6. The van der Waals surface area contributed by atoms with Gasteiger partial charge in [-0.25, -0.2) is 0 Å². The summed E-state index contributed by atoms with van der Waals surface area (Å²) < 4.78 is 10.5. The number of nitrogens with one attached hydrogen (secondary N) is 2. The molecule has 0 aliphatic heterocycles. The molecule has 150 valence electrons. The Morgan fingerprint density at radius 3 is 2.38 bits per heavy atom. The summed E-state index contributed by atoms with van der Waals surface area (Å²) in [4.78, 5) is 12.6. The van der Waals surface area contributed by atoms with Crippen molar-refractivity contribution in [3.8, 4) is 11.5 Å². The number of benzene rings is 3. The zero-order valence-corrected chi connectivity index (χ0v) is 17.1. The molecule has 3 aromatic rings. The molecule has 0 saturated carbocycles. The van der Waals surface area contributed by atoms with Gasteiger partial charge >= 0.3 is 0 Å². The van der Waals surface area contributed by atoms with Gasteiger partial charge in [-0.3, -0.25) is 10.1 Å². The van der Waals surface area contributed by atoms with Gasteiger partial charge in [-0.15, -0.1) is 0 Å². The molecule has 6 heteroatoms. The van der Waals surface area contributed by atoms with Gasteiger partial charge in [-0.05, 0) is 35.4 Å². The lowest BCUT2D eigenvalue weighted by Gasteiger charge is -2.20. The van der Waals surface area contributed by atoms with Crippen molar-refractivity contribution < 1.29 is 14.3 Å². The fourth-order valence-corrected chi connectivity index (χ4v) is 3.26. The standard InChI is InChI=1S/C23H23ClN2O3/c1-28-19-11-12-21(29-2)20(14-19)26-22(27)15-25-23(16-7-4-3-5-8-16)17-9-6-10-18(24)13-17/h3-14,23,25H,15H2,1-2H3,(H,26,27). The highest BCUT2D eigenvalue weighted by Crippen LogP contribution is 2.29. The van der Waals surface area contributed by atoms with E-state index in [0.29, 0.717) is 22.2 Å². The SMILES string of the molecule is COc1ccc(OC)c(NC(=O)CNC(c2ccccc2)c2cccc(Cl)c2)c1. The highest BCUT2D eigenvalue weighted by atomic mass is 35.5. The molecule has 0 saturated heterocycles. The summed E-state index contributed by atoms with van der Waals surface area (Å²) in [6.45, 7) is 0.104. The minimum atomic E-state index is -0.195. The summed E-state index contributed by atoms with van der Waals surface area (Å²) in [6, 6.07) is 22.6. The smallest absolute Gasteiger partial charge is 0.238 e. The molecule has 29 heavy (non-hydrogen) atoms. The molecule has 3 aromatic carbocycles. The maximum Gasteiger partial charge on any atom is 0.238 e. The van der Waals surface area contributed by atoms with E-state index in [1.54, 1.807) is 32.4 Å². The molecule has 5 nitrogen and oxygen atoms in total. The van der Waals surface area contributed by atoms with Crippen LogP contribution >= 0.6 is 11.6 Å². The lowest BCUT2D eigenvalue weighted by atomic mass is 9.99. The quantitative estimate of drug-likeness (QED) is 0.566. The van der Waals surface area contributed by atoms with Crippen LogP contribution in [0.15, 0.2) is 72.8 Å². The zero-order chi connectivity index (χ0) is 20.6. The summed E-state index contributed by atoms with van der Waals surface area (Å²) in [6.07, 6.45) is 0. The molecule has 0 spiro atoms. The van der Waals surface area contributed by atoms with Gasteiger partial charge in [0.25, 0.3) is 0 Å². The Morgan fingerprint density at radius 2 is 1.69 bits per heavy atom. The predicted molar refractivity (Wildman–Crippen MR) is 116 cm³/mol. The fraction of sp³-hybridized carbons (Fsp3) is 0.174. The van der Waals surface area contributed by atoms with Crippen molar-refractivity contribution in [1.29, 1.82) is 0 Å². The maximum absolute atomic E-state index is 12.6. The van der Waals surface area contributed by atoms with E-state index < -0.39 is 0 Å². The van der Waals surface area contributed by atoms with Crippen molar-refractivity contribution in [2.24, 2.45) is 0 Å². The van der Waals surface area contributed by atoms with E-state index in [9.17, 15) is 4.79 Å². The van der Waals surface area contributed by atoms with Gasteiger partial charge in [0.05, 0.1) is 32.5 Å². The van der Waals surface area contributed by atoms with Crippen molar-refractivity contribution in [3.05, 3.63) is 88.9 Å². The summed E-state index contributed by atoms with van der Waals surface area (Å²) in [5.74, 6) is 1.00. The van der Waals surface area contributed by atoms with E-state index in [2.05, 4.69) is 10.6 Å². The van der Waals surface area contributed by atoms with Gasteiger partial charge in [-0.2, -0.15) is 0 Å². The van der Waals surface area contributed by atoms with E-state index in [0.717, 1.165) is 11.1 Å². The van der Waals surface area contributed by atoms with E-state index in [4.69, 9.17) is 21.1 Å². The Morgan fingerprint density at radius 1 is 0.931 bits per heavy atom. The van der Waals surface area contributed by atoms with Crippen LogP contribution in [0.4, 0.5) is 5.69 Å². The van der Waals surface area contributed by atoms with Crippen LogP contribution in [0.25, 0.3) is 0 Å². The van der Waals surface area contributed by atoms with Crippen molar-refractivity contribution in [1.82, 2.24) is 5.32 Å².